The van der Waals surface area contributed by atoms with Gasteiger partial charge in [-0.3, -0.25) is 35.0 Å². The molecule has 0 unspecified atom stereocenters. The van der Waals surface area contributed by atoms with Gasteiger partial charge < -0.3 is 19.7 Å². The number of fused-ring (bicyclic) bond motifs is 3. The van der Waals surface area contributed by atoms with Crippen molar-refractivity contribution >= 4 is 31.4 Å². The standard InChI is InChI=1S/C45H51N7O12S2/c1-63-42-14-5-8-32(44(42)53)28-47-24-26-49(65(59,60)38-20-16-36(17-21-38)51(55)56)30-34-10-7-11-35(46-34)31-50(66(61,62)39-22-18-37(19-23-39)52(57)58)27-25-48(41-13-4-3-12-40(41)47)29-33-9-6-15-43(64-2)45(33)54/h5-11,14-23,40-41,53-54H,3-4,12-13,24-31H2,1-2H3/t40-,41-/m1/s1. The van der Waals surface area contributed by atoms with Crippen LogP contribution in [0.1, 0.15) is 48.2 Å². The predicted molar refractivity (Wildman–Crippen MR) is 242 cm³/mol. The molecule has 1 saturated carbocycles. The number of nitrogens with zero attached hydrogens (tertiary/aromatic N) is 7. The molecule has 0 spiro atoms. The summed E-state index contributed by atoms with van der Waals surface area (Å²) in [6.07, 6.45) is 2.89. The highest BCUT2D eigenvalue weighted by atomic mass is 32.2. The zero-order chi connectivity index (χ0) is 47.2. The Morgan fingerprint density at radius 2 is 0.970 bits per heavy atom. The van der Waals surface area contributed by atoms with Gasteiger partial charge in [0.15, 0.2) is 23.0 Å². The number of nitro groups is 2. The lowest BCUT2D eigenvalue weighted by atomic mass is 9.87. The highest BCUT2D eigenvalue weighted by Crippen LogP contribution is 2.37. The molecule has 19 nitrogen and oxygen atoms in total. The maximum atomic E-state index is 14.7. The molecule has 0 saturated heterocycles. The molecule has 1 aromatic heterocycles. The van der Waals surface area contributed by atoms with E-state index in [9.17, 15) is 47.3 Å². The van der Waals surface area contributed by atoms with E-state index in [1.54, 1.807) is 54.6 Å². The van der Waals surface area contributed by atoms with E-state index in [1.807, 2.05) is 0 Å². The number of phenols is 2. The number of nitro benzene ring substituents is 2. The molecule has 1 aliphatic carbocycles. The van der Waals surface area contributed by atoms with Crippen molar-refractivity contribution in [1.82, 2.24) is 23.4 Å². The number of aromatic nitrogens is 1. The van der Waals surface area contributed by atoms with Crippen LogP contribution in [0.3, 0.4) is 0 Å². The second-order valence-corrected chi connectivity index (χ2v) is 20.0. The van der Waals surface area contributed by atoms with Crippen molar-refractivity contribution in [1.29, 1.82) is 0 Å². The molecule has 21 heteroatoms. The van der Waals surface area contributed by atoms with Gasteiger partial charge in [-0.2, -0.15) is 8.61 Å². The maximum Gasteiger partial charge on any atom is 0.269 e. The van der Waals surface area contributed by atoms with E-state index < -0.39 is 29.9 Å². The average molecular weight is 946 g/mol. The van der Waals surface area contributed by atoms with E-state index in [-0.39, 0.29) is 109 Å². The van der Waals surface area contributed by atoms with Gasteiger partial charge in [0.05, 0.1) is 58.3 Å². The highest BCUT2D eigenvalue weighted by Gasteiger charge is 2.38. The van der Waals surface area contributed by atoms with E-state index in [0.29, 0.717) is 35.4 Å². The van der Waals surface area contributed by atoms with Gasteiger partial charge in [-0.05, 0) is 61.4 Å². The fourth-order valence-corrected chi connectivity index (χ4v) is 11.5. The van der Waals surface area contributed by atoms with Crippen molar-refractivity contribution < 1.29 is 46.4 Å². The molecule has 2 aliphatic rings. The minimum atomic E-state index is -4.36. The quantitative estimate of drug-likeness (QED) is 0.107. The van der Waals surface area contributed by atoms with Gasteiger partial charge in [0.1, 0.15) is 0 Å². The van der Waals surface area contributed by atoms with E-state index in [4.69, 9.17) is 14.5 Å². The largest absolute Gasteiger partial charge is 0.504 e. The third-order valence-electron chi connectivity index (χ3n) is 12.2. The van der Waals surface area contributed by atoms with Gasteiger partial charge in [0, 0.05) is 86.7 Å². The molecule has 2 atom stereocenters. The molecule has 1 fully saturated rings. The molecule has 350 valence electrons. The molecule has 0 amide bonds. The number of methoxy groups -OCH3 is 2. The number of aromatic hydroxyl groups is 2. The van der Waals surface area contributed by atoms with Crippen molar-refractivity contribution in [2.24, 2.45) is 0 Å². The Bertz CT molecular complexity index is 2580. The van der Waals surface area contributed by atoms with Gasteiger partial charge in [-0.15, -0.1) is 0 Å². The van der Waals surface area contributed by atoms with Crippen molar-refractivity contribution in [3.05, 3.63) is 146 Å². The molecule has 2 N–H and O–H groups in total. The lowest BCUT2D eigenvalue weighted by Crippen LogP contribution is -2.55. The molecule has 7 rings (SSSR count). The summed E-state index contributed by atoms with van der Waals surface area (Å²) in [7, 11) is -5.84. The van der Waals surface area contributed by atoms with Crippen LogP contribution in [0.15, 0.2) is 113 Å². The number of hydrogen-bond donors (Lipinski definition) is 2. The second-order valence-electron chi connectivity index (χ2n) is 16.1. The summed E-state index contributed by atoms with van der Waals surface area (Å²) in [5, 5.41) is 45.8. The van der Waals surface area contributed by atoms with Crippen molar-refractivity contribution in [2.45, 2.75) is 73.7 Å². The van der Waals surface area contributed by atoms with Gasteiger partial charge in [-0.25, -0.2) is 16.8 Å². The molecular formula is C45H51N7O12S2. The minimum absolute atomic E-state index is 0.0788. The molecule has 2 heterocycles. The van der Waals surface area contributed by atoms with E-state index in [1.165, 1.54) is 47.1 Å². The Hall–Kier alpha value is -6.23. The fourth-order valence-electron chi connectivity index (χ4n) is 8.72. The fraction of sp³-hybridized carbons (Fsp3) is 0.356. The monoisotopic (exact) mass is 945 g/mol. The summed E-state index contributed by atoms with van der Waals surface area (Å²) >= 11 is 0. The van der Waals surface area contributed by atoms with Crippen LogP contribution in [0.2, 0.25) is 0 Å². The number of pyridine rings is 1. The number of hydrogen-bond acceptors (Lipinski definition) is 15. The topological polar surface area (TPSA) is 239 Å². The van der Waals surface area contributed by atoms with E-state index in [2.05, 4.69) is 9.80 Å². The Balaban J connectivity index is 1.39. The Kier molecular flexibility index (Phi) is 14.8. The van der Waals surface area contributed by atoms with Gasteiger partial charge in [0.25, 0.3) is 11.4 Å². The van der Waals surface area contributed by atoms with Crippen LogP contribution in [0.5, 0.6) is 23.0 Å². The van der Waals surface area contributed by atoms with Gasteiger partial charge >= 0.3 is 0 Å². The number of phenolic OH excluding ortho intramolecular Hbond substituents is 2. The summed E-state index contributed by atoms with van der Waals surface area (Å²) in [4.78, 5) is 30.4. The van der Waals surface area contributed by atoms with E-state index in [0.717, 1.165) is 37.1 Å². The number of non-ortho nitro benzene ring substituents is 2. The van der Waals surface area contributed by atoms with Crippen LogP contribution < -0.4 is 9.47 Å². The SMILES string of the molecule is COc1cccc(CN2CCN(S(=O)(=O)c3ccc([N+](=O)[O-])cc3)Cc3cccc(n3)CN(S(=O)(=O)c3ccc([N+](=O)[O-])cc3)CCN(Cc3cccc(OC)c3O)[C@@H]3CCCC[C@H]32)c1O. The molecular weight excluding hydrogens is 895 g/mol. The first-order chi connectivity index (χ1) is 31.6. The van der Waals surface area contributed by atoms with Crippen molar-refractivity contribution in [3.63, 3.8) is 0 Å². The highest BCUT2D eigenvalue weighted by molar-refractivity contribution is 7.89. The van der Waals surface area contributed by atoms with Crippen LogP contribution in [0, 0.1) is 20.2 Å². The molecule has 0 radical (unpaired) electrons. The maximum absolute atomic E-state index is 14.7. The molecule has 66 heavy (non-hydrogen) atoms. The summed E-state index contributed by atoms with van der Waals surface area (Å²) in [6.45, 7) is -0.0889. The summed E-state index contributed by atoms with van der Waals surface area (Å²) in [5.41, 5.74) is 1.06. The van der Waals surface area contributed by atoms with E-state index >= 15 is 0 Å². The lowest BCUT2D eigenvalue weighted by Gasteiger charge is -2.46. The summed E-state index contributed by atoms with van der Waals surface area (Å²) < 4.78 is 72.1. The average Bonchev–Trinajstić information content (AvgIpc) is 3.31. The lowest BCUT2D eigenvalue weighted by molar-refractivity contribution is -0.385. The Morgan fingerprint density at radius 3 is 1.33 bits per heavy atom. The number of para-hydroxylation sites is 2. The first-order valence-corrected chi connectivity index (χ1v) is 24.1. The van der Waals surface area contributed by atoms with Crippen LogP contribution in [0.4, 0.5) is 11.4 Å². The normalized spacial score (nSPS) is 18.6. The smallest absolute Gasteiger partial charge is 0.269 e. The summed E-state index contributed by atoms with van der Waals surface area (Å²) in [5.74, 6) is 0.349. The second kappa shape index (κ2) is 20.5. The van der Waals surface area contributed by atoms with Crippen LogP contribution in [-0.4, -0.2) is 113 Å². The Labute approximate surface area is 382 Å². The minimum Gasteiger partial charge on any atom is -0.504 e. The number of ether oxygens (including phenoxy) is 2. The van der Waals surface area contributed by atoms with Gasteiger partial charge in [-0.1, -0.05) is 43.2 Å². The third-order valence-corrected chi connectivity index (χ3v) is 15.9. The number of sulfonamides is 2. The number of rotatable bonds is 12. The third kappa shape index (κ3) is 10.6. The predicted octanol–water partition coefficient (Wildman–Crippen LogP) is 6.04. The molecule has 1 aliphatic heterocycles. The van der Waals surface area contributed by atoms with Crippen molar-refractivity contribution in [3.8, 4) is 23.0 Å². The molecule has 2 bridgehead atoms. The zero-order valence-electron chi connectivity index (χ0n) is 36.4. The van der Waals surface area contributed by atoms with Crippen LogP contribution in [0.25, 0.3) is 0 Å². The number of benzene rings is 4. The first-order valence-electron chi connectivity index (χ1n) is 21.2. The van der Waals surface area contributed by atoms with Gasteiger partial charge in [0.2, 0.25) is 20.0 Å². The molecule has 4 aromatic carbocycles. The molecule has 5 aromatic rings. The van der Waals surface area contributed by atoms with Crippen LogP contribution in [-0.2, 0) is 46.2 Å². The van der Waals surface area contributed by atoms with Crippen molar-refractivity contribution in [2.75, 3.05) is 40.4 Å². The van der Waals surface area contributed by atoms with Crippen LogP contribution >= 0.6 is 0 Å². The Morgan fingerprint density at radius 1 is 0.591 bits per heavy atom. The zero-order valence-corrected chi connectivity index (χ0v) is 38.0. The first kappa shape index (κ1) is 47.7. The summed E-state index contributed by atoms with van der Waals surface area (Å²) in [6, 6.07) is 23.8.